The molecule has 1 rings (SSSR count). The Morgan fingerprint density at radius 3 is 2.40 bits per heavy atom. The van der Waals surface area contributed by atoms with E-state index >= 15 is 0 Å². The van der Waals surface area contributed by atoms with Gasteiger partial charge in [-0.2, -0.15) is 0 Å². The van der Waals surface area contributed by atoms with E-state index in [0.717, 1.165) is 0 Å². The third kappa shape index (κ3) is 6.51. The number of piperidine rings is 1. The van der Waals surface area contributed by atoms with Gasteiger partial charge in [0.1, 0.15) is 0 Å². The number of hydrogen-bond acceptors (Lipinski definition) is 1. The van der Waals surface area contributed by atoms with Gasteiger partial charge in [0.2, 0.25) is 0 Å². The maximum Gasteiger partial charge on any atom is 0.0163 e. The highest BCUT2D eigenvalue weighted by Gasteiger charge is 2.06. The third-order valence-corrected chi connectivity index (χ3v) is 3.01. The minimum atomic E-state index is 1.17. The van der Waals surface area contributed by atoms with Crippen LogP contribution in [0.2, 0.25) is 0 Å². The lowest BCUT2D eigenvalue weighted by molar-refractivity contribution is 0.251. The summed E-state index contributed by atoms with van der Waals surface area (Å²) < 4.78 is 0. The molecule has 0 aliphatic carbocycles. The first-order valence-electron chi connectivity index (χ1n) is 6.42. The summed E-state index contributed by atoms with van der Waals surface area (Å²) in [6.45, 7) is 7.51. The van der Waals surface area contributed by atoms with Crippen molar-refractivity contribution in [3.05, 3.63) is 24.8 Å². The molecule has 1 heterocycles. The molecule has 0 bridgehead atoms. The van der Waals surface area contributed by atoms with Crippen molar-refractivity contribution >= 4 is 0 Å². The lowest BCUT2D eigenvalue weighted by Crippen LogP contribution is -2.29. The van der Waals surface area contributed by atoms with Crippen LogP contribution < -0.4 is 0 Å². The summed E-state index contributed by atoms with van der Waals surface area (Å²) in [6.07, 6.45) is 15.9. The molecular weight excluding hydrogens is 182 g/mol. The van der Waals surface area contributed by atoms with Crippen LogP contribution >= 0.6 is 0 Å². The summed E-state index contributed by atoms with van der Waals surface area (Å²) in [5.74, 6) is 0. The minimum Gasteiger partial charge on any atom is -0.300 e. The normalized spacial score (nSPS) is 18.4. The molecule has 0 amide bonds. The number of nitrogens with zero attached hydrogens (tertiary/aromatic N) is 1. The fraction of sp³-hybridized carbons (Fsp3) is 0.714. The lowest BCUT2D eigenvalue weighted by Gasteiger charge is -2.24. The first-order valence-corrected chi connectivity index (χ1v) is 6.42. The number of allylic oxidation sites excluding steroid dienone is 2. The van der Waals surface area contributed by atoms with Gasteiger partial charge < -0.3 is 0 Å². The zero-order valence-corrected chi connectivity index (χ0v) is 9.96. The Morgan fingerprint density at radius 2 is 1.67 bits per heavy atom. The van der Waals surface area contributed by atoms with E-state index < -0.39 is 0 Å². The van der Waals surface area contributed by atoms with Gasteiger partial charge in [-0.25, -0.2) is 0 Å². The van der Waals surface area contributed by atoms with Gasteiger partial charge >= 0.3 is 0 Å². The molecule has 0 atom stereocenters. The average Bonchev–Trinajstić information content (AvgIpc) is 2.29. The summed E-state index contributed by atoms with van der Waals surface area (Å²) in [4.78, 5) is 2.56. The molecule has 1 aliphatic heterocycles. The summed E-state index contributed by atoms with van der Waals surface area (Å²) in [5.41, 5.74) is 0. The topological polar surface area (TPSA) is 3.24 Å². The third-order valence-electron chi connectivity index (χ3n) is 3.01. The van der Waals surface area contributed by atoms with Crippen molar-refractivity contribution in [2.45, 2.75) is 44.9 Å². The second-order valence-corrected chi connectivity index (χ2v) is 4.41. The van der Waals surface area contributed by atoms with Gasteiger partial charge in [0, 0.05) is 6.54 Å². The van der Waals surface area contributed by atoms with Gasteiger partial charge in [0.05, 0.1) is 0 Å². The molecule has 0 saturated carbocycles. The Hall–Kier alpha value is -0.560. The minimum absolute atomic E-state index is 1.17. The zero-order chi connectivity index (χ0) is 10.8. The summed E-state index contributed by atoms with van der Waals surface area (Å²) >= 11 is 0. The van der Waals surface area contributed by atoms with Crippen molar-refractivity contribution < 1.29 is 0 Å². The Balaban J connectivity index is 1.93. The Morgan fingerprint density at radius 1 is 0.933 bits per heavy atom. The summed E-state index contributed by atoms with van der Waals surface area (Å²) in [6, 6.07) is 0. The van der Waals surface area contributed by atoms with Crippen LogP contribution in [0.25, 0.3) is 0 Å². The van der Waals surface area contributed by atoms with Crippen molar-refractivity contribution in [2.75, 3.05) is 19.6 Å². The fourth-order valence-corrected chi connectivity index (χ4v) is 2.03. The molecule has 0 aromatic rings. The molecule has 1 fully saturated rings. The monoisotopic (exact) mass is 207 g/mol. The molecule has 1 aliphatic rings. The average molecular weight is 207 g/mol. The standard InChI is InChI=1S/C14H25N/c1-2-3-4-5-6-7-9-12-15-13-10-8-11-14-15/h2,7,9H,1,3-6,8,10-14H2/b9-7-. The highest BCUT2D eigenvalue weighted by Crippen LogP contribution is 2.08. The molecule has 0 radical (unpaired) electrons. The van der Waals surface area contributed by atoms with E-state index in [9.17, 15) is 0 Å². The molecule has 1 saturated heterocycles. The van der Waals surface area contributed by atoms with Crippen LogP contribution in [0.15, 0.2) is 24.8 Å². The zero-order valence-electron chi connectivity index (χ0n) is 9.96. The fourth-order valence-electron chi connectivity index (χ4n) is 2.03. The highest BCUT2D eigenvalue weighted by atomic mass is 15.1. The van der Waals surface area contributed by atoms with E-state index in [2.05, 4.69) is 23.6 Å². The Bertz CT molecular complexity index is 178. The second-order valence-electron chi connectivity index (χ2n) is 4.41. The van der Waals surface area contributed by atoms with Crippen LogP contribution in [-0.2, 0) is 0 Å². The van der Waals surface area contributed by atoms with Crippen LogP contribution in [-0.4, -0.2) is 24.5 Å². The van der Waals surface area contributed by atoms with E-state index in [-0.39, 0.29) is 0 Å². The van der Waals surface area contributed by atoms with Crippen molar-refractivity contribution in [3.8, 4) is 0 Å². The molecule has 0 aromatic heterocycles. The van der Waals surface area contributed by atoms with Gasteiger partial charge in [-0.05, 0) is 51.6 Å². The summed E-state index contributed by atoms with van der Waals surface area (Å²) in [5, 5.41) is 0. The van der Waals surface area contributed by atoms with Gasteiger partial charge in [0.25, 0.3) is 0 Å². The quantitative estimate of drug-likeness (QED) is 0.453. The second kappa shape index (κ2) is 8.72. The molecule has 86 valence electrons. The largest absolute Gasteiger partial charge is 0.300 e. The smallest absolute Gasteiger partial charge is 0.0163 e. The van der Waals surface area contributed by atoms with Crippen LogP contribution in [0.3, 0.4) is 0 Å². The number of hydrogen-bond donors (Lipinski definition) is 0. The number of unbranched alkanes of at least 4 members (excludes halogenated alkanes) is 3. The highest BCUT2D eigenvalue weighted by molar-refractivity contribution is 4.85. The van der Waals surface area contributed by atoms with Gasteiger partial charge in [-0.1, -0.05) is 24.6 Å². The van der Waals surface area contributed by atoms with Crippen LogP contribution in [0.1, 0.15) is 44.9 Å². The van der Waals surface area contributed by atoms with Gasteiger partial charge in [-0.3, -0.25) is 4.90 Å². The van der Waals surface area contributed by atoms with Crippen molar-refractivity contribution in [1.29, 1.82) is 0 Å². The summed E-state index contributed by atoms with van der Waals surface area (Å²) in [7, 11) is 0. The Kier molecular flexibility index (Phi) is 7.28. The maximum absolute atomic E-state index is 3.73. The van der Waals surface area contributed by atoms with Crippen LogP contribution in [0.4, 0.5) is 0 Å². The number of likely N-dealkylation sites (tertiary alicyclic amines) is 1. The van der Waals surface area contributed by atoms with E-state index in [1.807, 2.05) is 6.08 Å². The molecule has 15 heavy (non-hydrogen) atoms. The molecule has 1 heteroatoms. The Labute approximate surface area is 94.9 Å². The van der Waals surface area contributed by atoms with E-state index in [0.29, 0.717) is 0 Å². The molecule has 0 N–H and O–H groups in total. The molecule has 0 spiro atoms. The first-order chi connectivity index (χ1) is 7.43. The van der Waals surface area contributed by atoms with E-state index in [1.165, 1.54) is 64.6 Å². The predicted molar refractivity (Wildman–Crippen MR) is 68.1 cm³/mol. The van der Waals surface area contributed by atoms with Gasteiger partial charge in [-0.15, -0.1) is 6.58 Å². The van der Waals surface area contributed by atoms with Crippen molar-refractivity contribution in [1.82, 2.24) is 4.90 Å². The van der Waals surface area contributed by atoms with Crippen molar-refractivity contribution in [3.63, 3.8) is 0 Å². The van der Waals surface area contributed by atoms with Crippen LogP contribution in [0.5, 0.6) is 0 Å². The van der Waals surface area contributed by atoms with Crippen molar-refractivity contribution in [2.24, 2.45) is 0 Å². The van der Waals surface area contributed by atoms with E-state index in [4.69, 9.17) is 0 Å². The molecule has 0 unspecified atom stereocenters. The molecular formula is C14H25N. The van der Waals surface area contributed by atoms with Gasteiger partial charge in [0.15, 0.2) is 0 Å². The lowest BCUT2D eigenvalue weighted by atomic mass is 10.1. The number of rotatable bonds is 7. The van der Waals surface area contributed by atoms with E-state index in [1.54, 1.807) is 0 Å². The van der Waals surface area contributed by atoms with Crippen LogP contribution in [0, 0.1) is 0 Å². The SMILES string of the molecule is C=CCCCC/C=C\CN1CCCCC1. The molecule has 1 nitrogen and oxygen atoms in total. The predicted octanol–water partition coefficient (Wildman–Crippen LogP) is 3.77. The maximum atomic E-state index is 3.73. The molecule has 0 aromatic carbocycles. The first kappa shape index (κ1) is 12.5.